The SMILES string of the molecule is COc1cc([N+](=O)[O-])ccc1NC(=O)[C@@H](C)N(C)Cc1ccc(Cl)c(Cl)c1. The molecule has 0 saturated heterocycles. The average molecular weight is 412 g/mol. The number of nitro benzene ring substituents is 1. The van der Waals surface area contributed by atoms with Crippen LogP contribution in [0.2, 0.25) is 10.0 Å². The molecule has 1 amide bonds. The quantitative estimate of drug-likeness (QED) is 0.539. The van der Waals surface area contributed by atoms with E-state index in [2.05, 4.69) is 5.32 Å². The maximum absolute atomic E-state index is 12.6. The smallest absolute Gasteiger partial charge is 0.273 e. The van der Waals surface area contributed by atoms with E-state index in [1.165, 1.54) is 25.3 Å². The minimum Gasteiger partial charge on any atom is -0.494 e. The molecule has 27 heavy (non-hydrogen) atoms. The molecule has 0 aliphatic heterocycles. The molecule has 144 valence electrons. The zero-order valence-corrected chi connectivity index (χ0v) is 16.5. The number of ether oxygens (including phenoxy) is 1. The first-order valence-corrected chi connectivity index (χ1v) is 8.76. The number of nitrogens with one attached hydrogen (secondary N) is 1. The van der Waals surface area contributed by atoms with Gasteiger partial charge < -0.3 is 10.1 Å². The van der Waals surface area contributed by atoms with E-state index in [0.29, 0.717) is 22.3 Å². The highest BCUT2D eigenvalue weighted by Crippen LogP contribution is 2.29. The Morgan fingerprint density at radius 3 is 2.56 bits per heavy atom. The molecule has 1 atom stereocenters. The van der Waals surface area contributed by atoms with Gasteiger partial charge in [0.2, 0.25) is 5.91 Å². The van der Waals surface area contributed by atoms with Gasteiger partial charge in [0, 0.05) is 12.6 Å². The maximum atomic E-state index is 12.6. The summed E-state index contributed by atoms with van der Waals surface area (Å²) >= 11 is 11.9. The van der Waals surface area contributed by atoms with Crippen molar-refractivity contribution in [3.05, 3.63) is 62.1 Å². The number of non-ortho nitro benzene ring substituents is 1. The number of nitrogens with zero attached hydrogens (tertiary/aromatic N) is 2. The van der Waals surface area contributed by atoms with Crippen LogP contribution < -0.4 is 10.1 Å². The lowest BCUT2D eigenvalue weighted by atomic mass is 10.1. The molecule has 9 heteroatoms. The molecule has 0 fully saturated rings. The average Bonchev–Trinajstić information content (AvgIpc) is 2.64. The lowest BCUT2D eigenvalue weighted by molar-refractivity contribution is -0.384. The Morgan fingerprint density at radius 2 is 1.96 bits per heavy atom. The number of rotatable bonds is 7. The van der Waals surface area contributed by atoms with Crippen molar-refractivity contribution >= 4 is 40.5 Å². The highest BCUT2D eigenvalue weighted by atomic mass is 35.5. The lowest BCUT2D eigenvalue weighted by Gasteiger charge is -2.24. The van der Waals surface area contributed by atoms with E-state index < -0.39 is 11.0 Å². The van der Waals surface area contributed by atoms with E-state index in [-0.39, 0.29) is 17.3 Å². The van der Waals surface area contributed by atoms with E-state index in [9.17, 15) is 14.9 Å². The van der Waals surface area contributed by atoms with Crippen LogP contribution in [0.4, 0.5) is 11.4 Å². The summed E-state index contributed by atoms with van der Waals surface area (Å²) in [5.74, 6) is -0.0541. The van der Waals surface area contributed by atoms with Gasteiger partial charge in [-0.15, -0.1) is 0 Å². The standard InChI is InChI=1S/C18H19Cl2N3O4/c1-11(22(2)10-12-4-6-14(19)15(20)8-12)18(24)21-16-7-5-13(23(25)26)9-17(16)27-3/h4-9,11H,10H2,1-3H3,(H,21,24)/t11-/m1/s1. The fourth-order valence-corrected chi connectivity index (χ4v) is 2.72. The molecule has 2 aromatic rings. The van der Waals surface area contributed by atoms with Crippen LogP contribution in [0.1, 0.15) is 12.5 Å². The molecule has 1 N–H and O–H groups in total. The molecule has 0 saturated carbocycles. The van der Waals surface area contributed by atoms with Crippen LogP contribution in [0.15, 0.2) is 36.4 Å². The third-order valence-electron chi connectivity index (χ3n) is 4.11. The number of amides is 1. The summed E-state index contributed by atoms with van der Waals surface area (Å²) in [7, 11) is 3.19. The highest BCUT2D eigenvalue weighted by molar-refractivity contribution is 6.42. The molecule has 7 nitrogen and oxygen atoms in total. The largest absolute Gasteiger partial charge is 0.494 e. The minimum atomic E-state index is -0.526. The fraction of sp³-hybridized carbons (Fsp3) is 0.278. The molecule has 2 rings (SSSR count). The predicted octanol–water partition coefficient (Wildman–Crippen LogP) is 4.37. The van der Waals surface area contributed by atoms with Gasteiger partial charge in [0.25, 0.3) is 5.69 Å². The molecule has 0 aliphatic rings. The molecule has 0 heterocycles. The topological polar surface area (TPSA) is 84.7 Å². The third-order valence-corrected chi connectivity index (χ3v) is 4.85. The summed E-state index contributed by atoms with van der Waals surface area (Å²) < 4.78 is 5.14. The molecule has 0 spiro atoms. The number of carbonyl (C=O) groups excluding carboxylic acids is 1. The first kappa shape index (κ1) is 21.0. The van der Waals surface area contributed by atoms with Gasteiger partial charge in [-0.3, -0.25) is 19.8 Å². The number of halogens is 2. The molecular weight excluding hydrogens is 393 g/mol. The summed E-state index contributed by atoms with van der Waals surface area (Å²) in [4.78, 5) is 24.7. The van der Waals surface area contributed by atoms with Gasteiger partial charge in [0.15, 0.2) is 0 Å². The Morgan fingerprint density at radius 1 is 1.26 bits per heavy atom. The maximum Gasteiger partial charge on any atom is 0.273 e. The Labute approximate surface area is 167 Å². The first-order valence-electron chi connectivity index (χ1n) is 8.00. The van der Waals surface area contributed by atoms with Gasteiger partial charge in [0.1, 0.15) is 5.75 Å². The van der Waals surface area contributed by atoms with Crippen molar-refractivity contribution < 1.29 is 14.5 Å². The zero-order chi connectivity index (χ0) is 20.1. The van der Waals surface area contributed by atoms with Crippen LogP contribution in [0.25, 0.3) is 0 Å². The van der Waals surface area contributed by atoms with E-state index in [4.69, 9.17) is 27.9 Å². The van der Waals surface area contributed by atoms with Crippen LogP contribution in [0.5, 0.6) is 5.75 Å². The van der Waals surface area contributed by atoms with Crippen LogP contribution in [-0.4, -0.2) is 35.9 Å². The molecule has 2 aromatic carbocycles. The van der Waals surface area contributed by atoms with Gasteiger partial charge in [-0.05, 0) is 37.7 Å². The molecule has 0 bridgehead atoms. The number of anilines is 1. The molecule has 0 aromatic heterocycles. The first-order chi connectivity index (χ1) is 12.7. The van der Waals surface area contributed by atoms with Crippen molar-refractivity contribution in [3.63, 3.8) is 0 Å². The summed E-state index contributed by atoms with van der Waals surface area (Å²) in [5, 5.41) is 14.5. The number of benzene rings is 2. The number of methoxy groups -OCH3 is 1. The highest BCUT2D eigenvalue weighted by Gasteiger charge is 2.21. The minimum absolute atomic E-state index is 0.116. The number of hydrogen-bond acceptors (Lipinski definition) is 5. The zero-order valence-electron chi connectivity index (χ0n) is 15.0. The van der Waals surface area contributed by atoms with Crippen LogP contribution in [-0.2, 0) is 11.3 Å². The van der Waals surface area contributed by atoms with Gasteiger partial charge >= 0.3 is 0 Å². The Bertz CT molecular complexity index is 860. The third kappa shape index (κ3) is 5.32. The number of likely N-dealkylation sites (N-methyl/N-ethyl adjacent to an activating group) is 1. The van der Waals surface area contributed by atoms with Gasteiger partial charge in [-0.25, -0.2) is 0 Å². The van der Waals surface area contributed by atoms with Crippen molar-refractivity contribution in [2.45, 2.75) is 19.5 Å². The second-order valence-electron chi connectivity index (χ2n) is 5.97. The molecular formula is C18H19Cl2N3O4. The fourth-order valence-electron chi connectivity index (χ4n) is 2.40. The molecule has 0 radical (unpaired) electrons. The van der Waals surface area contributed by atoms with Crippen LogP contribution in [0.3, 0.4) is 0 Å². The predicted molar refractivity (Wildman–Crippen MR) is 106 cm³/mol. The van der Waals surface area contributed by atoms with Crippen molar-refractivity contribution in [3.8, 4) is 5.75 Å². The second kappa shape index (κ2) is 9.03. The van der Waals surface area contributed by atoms with E-state index in [1.807, 2.05) is 11.0 Å². The summed E-state index contributed by atoms with van der Waals surface area (Å²) in [5.41, 5.74) is 1.16. The van der Waals surface area contributed by atoms with Crippen molar-refractivity contribution in [1.29, 1.82) is 0 Å². The summed E-state index contributed by atoms with van der Waals surface area (Å²) in [6, 6.07) is 8.85. The normalized spacial score (nSPS) is 11.9. The number of hydrogen-bond donors (Lipinski definition) is 1. The van der Waals surface area contributed by atoms with Crippen molar-refractivity contribution in [2.24, 2.45) is 0 Å². The molecule has 0 aliphatic carbocycles. The Balaban J connectivity index is 2.08. The summed E-state index contributed by atoms with van der Waals surface area (Å²) in [6.07, 6.45) is 0. The lowest BCUT2D eigenvalue weighted by Crippen LogP contribution is -2.39. The van der Waals surface area contributed by atoms with Crippen molar-refractivity contribution in [2.75, 3.05) is 19.5 Å². The van der Waals surface area contributed by atoms with Crippen LogP contribution in [0, 0.1) is 10.1 Å². The summed E-state index contributed by atoms with van der Waals surface area (Å²) in [6.45, 7) is 2.24. The van der Waals surface area contributed by atoms with E-state index in [1.54, 1.807) is 26.1 Å². The van der Waals surface area contributed by atoms with E-state index in [0.717, 1.165) is 5.56 Å². The second-order valence-corrected chi connectivity index (χ2v) is 6.78. The number of nitro groups is 1. The number of carbonyl (C=O) groups is 1. The monoisotopic (exact) mass is 411 g/mol. The Hall–Kier alpha value is -2.35. The van der Waals surface area contributed by atoms with Gasteiger partial charge in [-0.2, -0.15) is 0 Å². The van der Waals surface area contributed by atoms with Gasteiger partial charge in [0.05, 0.1) is 39.9 Å². The Kier molecular flexibility index (Phi) is 7.01. The van der Waals surface area contributed by atoms with Crippen LogP contribution >= 0.6 is 23.2 Å². The van der Waals surface area contributed by atoms with E-state index >= 15 is 0 Å². The molecule has 0 unspecified atom stereocenters. The van der Waals surface area contributed by atoms with Gasteiger partial charge in [-0.1, -0.05) is 29.3 Å². The van der Waals surface area contributed by atoms with Crippen molar-refractivity contribution in [1.82, 2.24) is 4.90 Å².